The summed E-state index contributed by atoms with van der Waals surface area (Å²) in [5, 5.41) is 0. The highest BCUT2D eigenvalue weighted by atomic mass is 16.2. The van der Waals surface area contributed by atoms with Gasteiger partial charge in [0.15, 0.2) is 0 Å². The van der Waals surface area contributed by atoms with Crippen molar-refractivity contribution in [2.24, 2.45) is 7.05 Å². The van der Waals surface area contributed by atoms with E-state index >= 15 is 0 Å². The Hall–Kier alpha value is -3.02. The molecule has 1 aliphatic heterocycles. The number of carbonyl (C=O) groups excluding carboxylic acids is 1. The number of likely N-dealkylation sites (tertiary alicyclic amines) is 1. The fourth-order valence-electron chi connectivity index (χ4n) is 3.72. The molecule has 6 nitrogen and oxygen atoms in total. The molecule has 3 heterocycles. The van der Waals surface area contributed by atoms with Gasteiger partial charge in [0.25, 0.3) is 5.91 Å². The van der Waals surface area contributed by atoms with E-state index in [0.29, 0.717) is 6.54 Å². The highest BCUT2D eigenvalue weighted by molar-refractivity contribution is 5.94. The zero-order chi connectivity index (χ0) is 18.8. The quantitative estimate of drug-likeness (QED) is 0.719. The lowest BCUT2D eigenvalue weighted by molar-refractivity contribution is 0.0706. The van der Waals surface area contributed by atoms with Gasteiger partial charge in [-0.25, -0.2) is 4.98 Å². The van der Waals surface area contributed by atoms with E-state index in [0.717, 1.165) is 47.9 Å². The Balaban J connectivity index is 1.63. The van der Waals surface area contributed by atoms with Crippen LogP contribution in [0.2, 0.25) is 0 Å². The summed E-state index contributed by atoms with van der Waals surface area (Å²) in [5.74, 6) is 1.19. The normalized spacial score (nSPS) is 17.1. The number of aryl methyl sites for hydroxylation is 1. The van der Waals surface area contributed by atoms with Gasteiger partial charge in [-0.3, -0.25) is 14.8 Å². The molecule has 1 amide bonds. The standard InChI is InChI=1S/C21H23N5O/c1-15-24-13-18(25(15)2)20-19(22-10-11-23-20)17-9-6-12-26(14-17)21(27)16-7-4-3-5-8-16/h3-5,7-8,10-11,13,17H,6,9,12,14H2,1-2H3. The number of hydrogen-bond acceptors (Lipinski definition) is 4. The van der Waals surface area contributed by atoms with Gasteiger partial charge in [0.1, 0.15) is 11.5 Å². The van der Waals surface area contributed by atoms with Gasteiger partial charge >= 0.3 is 0 Å². The predicted octanol–water partition coefficient (Wildman–Crippen LogP) is 3.21. The topological polar surface area (TPSA) is 63.9 Å². The molecule has 6 heteroatoms. The molecule has 1 saturated heterocycles. The van der Waals surface area contributed by atoms with E-state index in [1.165, 1.54) is 0 Å². The van der Waals surface area contributed by atoms with Gasteiger partial charge in [-0.15, -0.1) is 0 Å². The third-order valence-corrected chi connectivity index (χ3v) is 5.31. The molecule has 1 aromatic carbocycles. The predicted molar refractivity (Wildman–Crippen MR) is 103 cm³/mol. The van der Waals surface area contributed by atoms with E-state index in [1.54, 1.807) is 12.4 Å². The van der Waals surface area contributed by atoms with Crippen LogP contribution in [-0.2, 0) is 7.05 Å². The lowest BCUT2D eigenvalue weighted by atomic mass is 9.92. The molecule has 27 heavy (non-hydrogen) atoms. The van der Waals surface area contributed by atoms with Gasteiger partial charge in [0.2, 0.25) is 0 Å². The van der Waals surface area contributed by atoms with E-state index in [2.05, 4.69) is 15.0 Å². The maximum atomic E-state index is 12.9. The average Bonchev–Trinajstić information content (AvgIpc) is 3.06. The second kappa shape index (κ2) is 7.31. The van der Waals surface area contributed by atoms with Gasteiger partial charge in [-0.05, 0) is 31.9 Å². The molecular weight excluding hydrogens is 338 g/mol. The molecule has 1 fully saturated rings. The van der Waals surface area contributed by atoms with Crippen LogP contribution in [0, 0.1) is 6.92 Å². The van der Waals surface area contributed by atoms with Gasteiger partial charge in [-0.1, -0.05) is 18.2 Å². The first-order valence-corrected chi connectivity index (χ1v) is 9.29. The van der Waals surface area contributed by atoms with E-state index in [4.69, 9.17) is 0 Å². The lowest BCUT2D eigenvalue weighted by Gasteiger charge is -2.33. The number of nitrogens with zero attached hydrogens (tertiary/aromatic N) is 5. The van der Waals surface area contributed by atoms with Gasteiger partial charge in [-0.2, -0.15) is 0 Å². The van der Waals surface area contributed by atoms with Crippen molar-refractivity contribution in [3.63, 3.8) is 0 Å². The molecule has 0 aliphatic carbocycles. The molecule has 0 N–H and O–H groups in total. The fraction of sp³-hybridized carbons (Fsp3) is 0.333. The fourth-order valence-corrected chi connectivity index (χ4v) is 3.72. The summed E-state index contributed by atoms with van der Waals surface area (Å²) >= 11 is 0. The van der Waals surface area contributed by atoms with Gasteiger partial charge in [0.05, 0.1) is 17.6 Å². The van der Waals surface area contributed by atoms with E-state index in [-0.39, 0.29) is 11.8 Å². The molecule has 138 valence electrons. The molecular formula is C21H23N5O. The van der Waals surface area contributed by atoms with Crippen LogP contribution < -0.4 is 0 Å². The maximum absolute atomic E-state index is 12.9. The minimum Gasteiger partial charge on any atom is -0.338 e. The first kappa shape index (κ1) is 17.4. The van der Waals surface area contributed by atoms with Crippen LogP contribution in [-0.4, -0.2) is 43.4 Å². The van der Waals surface area contributed by atoms with Crippen LogP contribution in [0.3, 0.4) is 0 Å². The van der Waals surface area contributed by atoms with E-state index < -0.39 is 0 Å². The van der Waals surface area contributed by atoms with Crippen LogP contribution in [0.1, 0.15) is 40.6 Å². The Bertz CT molecular complexity index is 950. The maximum Gasteiger partial charge on any atom is 0.253 e. The highest BCUT2D eigenvalue weighted by Crippen LogP contribution is 2.32. The Kier molecular flexibility index (Phi) is 4.71. The Morgan fingerprint density at radius 3 is 2.63 bits per heavy atom. The van der Waals surface area contributed by atoms with Crippen molar-refractivity contribution in [2.75, 3.05) is 13.1 Å². The molecule has 3 aromatic rings. The van der Waals surface area contributed by atoms with Crippen molar-refractivity contribution >= 4 is 5.91 Å². The summed E-state index contributed by atoms with van der Waals surface area (Å²) in [7, 11) is 1.99. The average molecular weight is 361 g/mol. The summed E-state index contributed by atoms with van der Waals surface area (Å²) in [6.45, 7) is 3.42. The smallest absolute Gasteiger partial charge is 0.253 e. The summed E-state index contributed by atoms with van der Waals surface area (Å²) in [5.41, 5.74) is 3.51. The molecule has 4 rings (SSSR count). The van der Waals surface area contributed by atoms with Crippen LogP contribution in [0.4, 0.5) is 0 Å². The van der Waals surface area contributed by atoms with Crippen molar-refractivity contribution in [1.29, 1.82) is 0 Å². The molecule has 1 aliphatic rings. The van der Waals surface area contributed by atoms with Crippen molar-refractivity contribution in [2.45, 2.75) is 25.7 Å². The summed E-state index contributed by atoms with van der Waals surface area (Å²) < 4.78 is 2.03. The second-order valence-electron chi connectivity index (χ2n) is 7.00. The van der Waals surface area contributed by atoms with Gasteiger partial charge in [0, 0.05) is 44.0 Å². The summed E-state index contributed by atoms with van der Waals surface area (Å²) in [6, 6.07) is 9.48. The first-order chi connectivity index (χ1) is 13.1. The Labute approximate surface area is 158 Å². The van der Waals surface area contributed by atoms with Gasteiger partial charge < -0.3 is 9.47 Å². The third-order valence-electron chi connectivity index (χ3n) is 5.31. The number of hydrogen-bond donors (Lipinski definition) is 0. The van der Waals surface area contributed by atoms with Crippen LogP contribution in [0.15, 0.2) is 48.9 Å². The van der Waals surface area contributed by atoms with Crippen LogP contribution in [0.5, 0.6) is 0 Å². The Morgan fingerprint density at radius 2 is 1.89 bits per heavy atom. The monoisotopic (exact) mass is 361 g/mol. The van der Waals surface area contributed by atoms with Crippen LogP contribution >= 0.6 is 0 Å². The second-order valence-corrected chi connectivity index (χ2v) is 7.00. The van der Waals surface area contributed by atoms with E-state index in [9.17, 15) is 4.79 Å². The van der Waals surface area contributed by atoms with Crippen molar-refractivity contribution in [3.05, 3.63) is 66.0 Å². The molecule has 0 radical (unpaired) electrons. The number of imidazole rings is 1. The van der Waals surface area contributed by atoms with Crippen molar-refractivity contribution < 1.29 is 4.79 Å². The number of carbonyl (C=O) groups is 1. The zero-order valence-electron chi connectivity index (χ0n) is 15.7. The highest BCUT2D eigenvalue weighted by Gasteiger charge is 2.29. The minimum atomic E-state index is 0.0853. The molecule has 1 unspecified atom stereocenters. The van der Waals surface area contributed by atoms with Crippen molar-refractivity contribution in [1.82, 2.24) is 24.4 Å². The lowest BCUT2D eigenvalue weighted by Crippen LogP contribution is -2.39. The zero-order valence-corrected chi connectivity index (χ0v) is 15.7. The van der Waals surface area contributed by atoms with Crippen molar-refractivity contribution in [3.8, 4) is 11.4 Å². The Morgan fingerprint density at radius 1 is 1.11 bits per heavy atom. The molecule has 2 aromatic heterocycles. The summed E-state index contributed by atoms with van der Waals surface area (Å²) in [4.78, 5) is 28.5. The minimum absolute atomic E-state index is 0.0853. The third kappa shape index (κ3) is 3.35. The molecule has 1 atom stereocenters. The SMILES string of the molecule is Cc1ncc(-c2nccnc2C2CCCN(C(=O)c3ccccc3)C2)n1C. The number of piperidine rings is 1. The largest absolute Gasteiger partial charge is 0.338 e. The molecule has 0 bridgehead atoms. The summed E-state index contributed by atoms with van der Waals surface area (Å²) in [6.07, 6.45) is 7.26. The number of benzene rings is 1. The number of rotatable bonds is 3. The first-order valence-electron chi connectivity index (χ1n) is 9.29. The van der Waals surface area contributed by atoms with Crippen LogP contribution in [0.25, 0.3) is 11.4 Å². The van der Waals surface area contributed by atoms with E-state index in [1.807, 2.05) is 60.0 Å². The number of amides is 1. The molecule has 0 spiro atoms. The number of aromatic nitrogens is 4. The molecule has 0 saturated carbocycles.